The van der Waals surface area contributed by atoms with Gasteiger partial charge in [-0.15, -0.1) is 0 Å². The van der Waals surface area contributed by atoms with Gasteiger partial charge in [-0.1, -0.05) is 52.9 Å². The molecule has 2 rings (SSSR count). The van der Waals surface area contributed by atoms with Crippen molar-refractivity contribution in [2.45, 2.75) is 13.0 Å². The first-order valence-electron chi connectivity index (χ1n) is 8.02. The van der Waals surface area contributed by atoms with Crippen LogP contribution in [0.5, 0.6) is 5.75 Å². The molecule has 2 aromatic rings. The third-order valence-electron chi connectivity index (χ3n) is 3.45. The van der Waals surface area contributed by atoms with Crippen LogP contribution in [0, 0.1) is 0 Å². The average molecular weight is 415 g/mol. The minimum absolute atomic E-state index is 0.247. The summed E-state index contributed by atoms with van der Waals surface area (Å²) in [4.78, 5) is 24.2. The highest BCUT2D eigenvalue weighted by Gasteiger charge is 2.18. The maximum atomic E-state index is 12.3. The van der Waals surface area contributed by atoms with Gasteiger partial charge < -0.3 is 9.47 Å². The van der Waals surface area contributed by atoms with Gasteiger partial charge in [-0.3, -0.25) is 4.79 Å². The fourth-order valence-corrected chi connectivity index (χ4v) is 2.37. The molecule has 4 nitrogen and oxygen atoms in total. The van der Waals surface area contributed by atoms with E-state index in [1.165, 1.54) is 6.08 Å². The van der Waals surface area contributed by atoms with E-state index in [0.29, 0.717) is 12.2 Å². The summed E-state index contributed by atoms with van der Waals surface area (Å²) >= 11 is 3.31. The van der Waals surface area contributed by atoms with E-state index in [9.17, 15) is 9.59 Å². The Balaban J connectivity index is 1.90. The van der Waals surface area contributed by atoms with Gasteiger partial charge in [-0.05, 0) is 42.8 Å². The second kappa shape index (κ2) is 9.73. The molecule has 0 radical (unpaired) electrons. The first-order valence-corrected chi connectivity index (χ1v) is 8.81. The van der Waals surface area contributed by atoms with E-state index < -0.39 is 12.1 Å². The molecule has 0 spiro atoms. The molecule has 0 fully saturated rings. The Hall–Kier alpha value is -2.66. The number of carbonyl (C=O) groups excluding carboxylic acids is 2. The molecule has 0 heterocycles. The number of ether oxygens (including phenoxy) is 2. The van der Waals surface area contributed by atoms with Crippen molar-refractivity contribution in [2.24, 2.45) is 0 Å². The summed E-state index contributed by atoms with van der Waals surface area (Å²) in [7, 11) is 0. The third-order valence-corrected chi connectivity index (χ3v) is 3.98. The van der Waals surface area contributed by atoms with Crippen molar-refractivity contribution in [3.05, 3.63) is 82.9 Å². The normalized spacial score (nSPS) is 11.8. The molecule has 0 aliphatic heterocycles. The Bertz CT molecular complexity index is 792. The highest BCUT2D eigenvalue weighted by molar-refractivity contribution is 9.10. The molecule has 0 N–H and O–H groups in total. The van der Waals surface area contributed by atoms with Crippen molar-refractivity contribution in [1.29, 1.82) is 0 Å². The predicted molar refractivity (Wildman–Crippen MR) is 105 cm³/mol. The zero-order valence-electron chi connectivity index (χ0n) is 14.4. The summed E-state index contributed by atoms with van der Waals surface area (Å²) in [5.74, 6) is -0.101. The van der Waals surface area contributed by atoms with Gasteiger partial charge in [-0.2, -0.15) is 0 Å². The standard InChI is InChI=1S/C21H19BrO4/c1-3-14-25-19-11-4-16(5-12-19)6-13-20(23)26-15(2)21(24)17-7-9-18(22)10-8-17/h3-13,15H,1,14H2,2H3/b13-6+/t15-/m1/s1. The molecule has 0 saturated carbocycles. The monoisotopic (exact) mass is 414 g/mol. The van der Waals surface area contributed by atoms with Crippen LogP contribution in [0.3, 0.4) is 0 Å². The van der Waals surface area contributed by atoms with Crippen molar-refractivity contribution in [3.8, 4) is 5.75 Å². The van der Waals surface area contributed by atoms with Crippen LogP contribution in [-0.2, 0) is 9.53 Å². The zero-order chi connectivity index (χ0) is 18.9. The summed E-state index contributed by atoms with van der Waals surface area (Å²) in [5.41, 5.74) is 1.31. The maximum Gasteiger partial charge on any atom is 0.331 e. The lowest BCUT2D eigenvalue weighted by Gasteiger charge is -2.10. The molecule has 26 heavy (non-hydrogen) atoms. The van der Waals surface area contributed by atoms with Crippen molar-refractivity contribution in [2.75, 3.05) is 6.61 Å². The number of rotatable bonds is 8. The molecule has 0 amide bonds. The van der Waals surface area contributed by atoms with E-state index in [1.807, 2.05) is 12.1 Å². The van der Waals surface area contributed by atoms with Crippen LogP contribution in [0.25, 0.3) is 6.08 Å². The maximum absolute atomic E-state index is 12.3. The van der Waals surface area contributed by atoms with Gasteiger partial charge in [0.15, 0.2) is 6.10 Å². The molecular formula is C21H19BrO4. The van der Waals surface area contributed by atoms with E-state index in [2.05, 4.69) is 22.5 Å². The number of benzene rings is 2. The molecule has 0 bridgehead atoms. The summed E-state index contributed by atoms with van der Waals surface area (Å²) in [6, 6.07) is 14.1. The van der Waals surface area contributed by atoms with Gasteiger partial charge in [0.25, 0.3) is 0 Å². The van der Waals surface area contributed by atoms with Crippen molar-refractivity contribution in [1.82, 2.24) is 0 Å². The lowest BCUT2D eigenvalue weighted by molar-refractivity contribution is -0.140. The van der Waals surface area contributed by atoms with Crippen LogP contribution in [0.2, 0.25) is 0 Å². The second-order valence-electron chi connectivity index (χ2n) is 5.45. The number of halogens is 1. The molecule has 0 unspecified atom stereocenters. The molecular weight excluding hydrogens is 396 g/mol. The van der Waals surface area contributed by atoms with E-state index in [0.717, 1.165) is 15.8 Å². The highest BCUT2D eigenvalue weighted by Crippen LogP contribution is 2.15. The van der Waals surface area contributed by atoms with Gasteiger partial charge in [-0.25, -0.2) is 4.79 Å². The Morgan fingerprint density at radius 3 is 2.38 bits per heavy atom. The smallest absolute Gasteiger partial charge is 0.331 e. The van der Waals surface area contributed by atoms with Gasteiger partial charge in [0, 0.05) is 16.1 Å². The highest BCUT2D eigenvalue weighted by atomic mass is 79.9. The van der Waals surface area contributed by atoms with Gasteiger partial charge in [0.2, 0.25) is 5.78 Å². The largest absolute Gasteiger partial charge is 0.490 e. The topological polar surface area (TPSA) is 52.6 Å². The lowest BCUT2D eigenvalue weighted by Crippen LogP contribution is -2.23. The Morgan fingerprint density at radius 1 is 1.12 bits per heavy atom. The number of hydrogen-bond acceptors (Lipinski definition) is 4. The molecule has 0 aliphatic rings. The molecule has 1 atom stereocenters. The average Bonchev–Trinajstić information content (AvgIpc) is 2.65. The van der Waals surface area contributed by atoms with Crippen molar-refractivity contribution >= 4 is 33.8 Å². The molecule has 0 saturated heterocycles. The minimum atomic E-state index is -0.858. The summed E-state index contributed by atoms with van der Waals surface area (Å²) in [6.07, 6.45) is 3.73. The number of ketones is 1. The minimum Gasteiger partial charge on any atom is -0.490 e. The Labute approximate surface area is 161 Å². The number of carbonyl (C=O) groups is 2. The van der Waals surface area contributed by atoms with E-state index in [1.54, 1.807) is 55.5 Å². The Morgan fingerprint density at radius 2 is 1.77 bits per heavy atom. The fraction of sp³-hybridized carbons (Fsp3) is 0.143. The van der Waals surface area contributed by atoms with Gasteiger partial charge >= 0.3 is 5.97 Å². The van der Waals surface area contributed by atoms with Crippen molar-refractivity contribution < 1.29 is 19.1 Å². The van der Waals surface area contributed by atoms with E-state index in [-0.39, 0.29) is 5.78 Å². The fourth-order valence-electron chi connectivity index (χ4n) is 2.11. The number of Topliss-reactive ketones (excluding diaryl/α,β-unsaturated/α-hetero) is 1. The predicted octanol–water partition coefficient (Wildman–Crippen LogP) is 4.84. The molecule has 0 aliphatic carbocycles. The summed E-state index contributed by atoms with van der Waals surface area (Å²) < 4.78 is 11.4. The Kier molecular flexibility index (Phi) is 7.36. The summed E-state index contributed by atoms with van der Waals surface area (Å²) in [6.45, 7) is 5.58. The SMILES string of the molecule is C=CCOc1ccc(/C=C/C(=O)O[C@H](C)C(=O)c2ccc(Br)cc2)cc1. The molecule has 134 valence electrons. The van der Waals surface area contributed by atoms with Crippen LogP contribution in [0.15, 0.2) is 71.7 Å². The van der Waals surface area contributed by atoms with Crippen LogP contribution in [0.1, 0.15) is 22.8 Å². The first kappa shape index (κ1) is 19.7. The van der Waals surface area contributed by atoms with Crippen LogP contribution in [-0.4, -0.2) is 24.5 Å². The first-order chi connectivity index (χ1) is 12.5. The van der Waals surface area contributed by atoms with Crippen molar-refractivity contribution in [3.63, 3.8) is 0 Å². The van der Waals surface area contributed by atoms with Gasteiger partial charge in [0.1, 0.15) is 12.4 Å². The zero-order valence-corrected chi connectivity index (χ0v) is 15.9. The van der Waals surface area contributed by atoms with Crippen LogP contribution < -0.4 is 4.74 Å². The summed E-state index contributed by atoms with van der Waals surface area (Å²) in [5, 5.41) is 0. The number of esters is 1. The van der Waals surface area contributed by atoms with Gasteiger partial charge in [0.05, 0.1) is 0 Å². The second-order valence-corrected chi connectivity index (χ2v) is 6.37. The van der Waals surface area contributed by atoms with E-state index in [4.69, 9.17) is 9.47 Å². The number of hydrogen-bond donors (Lipinski definition) is 0. The van der Waals surface area contributed by atoms with Crippen LogP contribution in [0.4, 0.5) is 0 Å². The van der Waals surface area contributed by atoms with E-state index >= 15 is 0 Å². The van der Waals surface area contributed by atoms with Crippen LogP contribution >= 0.6 is 15.9 Å². The third kappa shape index (κ3) is 6.01. The quantitative estimate of drug-likeness (QED) is 0.268. The molecule has 0 aromatic heterocycles. The lowest BCUT2D eigenvalue weighted by atomic mass is 10.1. The molecule has 5 heteroatoms. The molecule has 2 aromatic carbocycles.